The second-order valence-electron chi connectivity index (χ2n) is 7.82. The summed E-state index contributed by atoms with van der Waals surface area (Å²) in [5.74, 6) is -0.288. The average molecular weight is 442 g/mol. The van der Waals surface area contributed by atoms with Crippen LogP contribution in [0.15, 0.2) is 5.29 Å². The van der Waals surface area contributed by atoms with E-state index in [-0.39, 0.29) is 37.4 Å². The van der Waals surface area contributed by atoms with Gasteiger partial charge in [0.15, 0.2) is 0 Å². The quantitative estimate of drug-likeness (QED) is 0.161. The fourth-order valence-corrected chi connectivity index (χ4v) is 3.11. The van der Waals surface area contributed by atoms with Gasteiger partial charge in [-0.3, -0.25) is 4.90 Å². The lowest BCUT2D eigenvalue weighted by atomic mass is 9.91. The van der Waals surface area contributed by atoms with Gasteiger partial charge in [0.25, 0.3) is 0 Å². The van der Waals surface area contributed by atoms with Gasteiger partial charge in [0.05, 0.1) is 25.0 Å². The van der Waals surface area contributed by atoms with Crippen LogP contribution in [0.1, 0.15) is 27.7 Å². The van der Waals surface area contributed by atoms with Gasteiger partial charge in [-0.15, -0.1) is 16.5 Å². The molecule has 1 aliphatic heterocycles. The highest BCUT2D eigenvalue weighted by Gasteiger charge is 2.60. The number of carbonyl (C=O) groups is 1. The zero-order chi connectivity index (χ0) is 22.4. The number of amides is 2. The number of carbonyl (C=O) groups excluding carboxylic acids is 1. The zero-order valence-corrected chi connectivity index (χ0v) is 17.9. The smallest absolute Gasteiger partial charge is 0.345 e. The molecule has 0 radical (unpaired) electrons. The molecule has 1 saturated heterocycles. The molecule has 4 N–H and O–H groups in total. The van der Waals surface area contributed by atoms with E-state index in [1.165, 1.54) is 0 Å². The number of ether oxygens (including phenoxy) is 2. The fraction of sp³-hybridized carbons (Fsp3) is 0.941. The summed E-state index contributed by atoms with van der Waals surface area (Å²) in [5, 5.41) is 45.1. The van der Waals surface area contributed by atoms with Gasteiger partial charge in [0.1, 0.15) is 18.3 Å². The van der Waals surface area contributed by atoms with Crippen molar-refractivity contribution in [2.75, 3.05) is 32.2 Å². The Hall–Kier alpha value is -1.08. The van der Waals surface area contributed by atoms with Gasteiger partial charge in [-0.1, -0.05) is 27.7 Å². The van der Waals surface area contributed by atoms with Crippen molar-refractivity contribution in [2.45, 2.75) is 58.0 Å². The molecule has 0 spiro atoms. The Bertz CT molecular complexity index is 541. The molecule has 0 aliphatic carbocycles. The van der Waals surface area contributed by atoms with Crippen molar-refractivity contribution < 1.29 is 34.7 Å². The van der Waals surface area contributed by atoms with Crippen LogP contribution in [0.3, 0.4) is 0 Å². The maximum atomic E-state index is 13.0. The van der Waals surface area contributed by atoms with Crippen LogP contribution in [-0.2, 0) is 9.47 Å². The van der Waals surface area contributed by atoms with Crippen LogP contribution in [-0.4, -0.2) is 98.9 Å². The Kier molecular flexibility index (Phi) is 10.2. The van der Waals surface area contributed by atoms with Crippen LogP contribution in [0.4, 0.5) is 4.79 Å². The van der Waals surface area contributed by atoms with Crippen molar-refractivity contribution >= 4 is 17.6 Å². The summed E-state index contributed by atoms with van der Waals surface area (Å²) in [5.41, 5.74) is -2.56. The molecular weight excluding hydrogens is 410 g/mol. The summed E-state index contributed by atoms with van der Waals surface area (Å²) in [6.07, 6.45) is -6.54. The van der Waals surface area contributed by atoms with E-state index in [0.29, 0.717) is 5.01 Å². The molecule has 170 valence electrons. The Morgan fingerprint density at radius 3 is 2.34 bits per heavy atom. The highest BCUT2D eigenvalue weighted by Crippen LogP contribution is 2.35. The third-order valence-corrected chi connectivity index (χ3v) is 4.54. The maximum Gasteiger partial charge on any atom is 0.345 e. The second kappa shape index (κ2) is 11.3. The predicted molar refractivity (Wildman–Crippen MR) is 104 cm³/mol. The molecule has 0 unspecified atom stereocenters. The molecule has 5 atom stereocenters. The van der Waals surface area contributed by atoms with Gasteiger partial charge >= 0.3 is 6.03 Å². The molecule has 1 rings (SSSR count). The van der Waals surface area contributed by atoms with E-state index in [2.05, 4.69) is 5.29 Å². The molecular formula is C17H32ClN3O8. The number of hydrogen-bond donors (Lipinski definition) is 4. The molecule has 29 heavy (non-hydrogen) atoms. The van der Waals surface area contributed by atoms with Crippen LogP contribution in [0, 0.1) is 16.7 Å². The standard InChI is InChI=1S/C17H32ClN3O8/c1-10(2)7-20(16(25)21(19-27)6-5-18)17(26)14(24)13(23)12(8-22)29-15(17)28-9-11(3)4/h10-15,22-24,26H,5-9H2,1-4H3/t12-,13-,14+,15-,17+/m1/s1. The van der Waals surface area contributed by atoms with E-state index < -0.39 is 43.0 Å². The summed E-state index contributed by atoms with van der Waals surface area (Å²) in [4.78, 5) is 24.9. The number of aliphatic hydroxyl groups is 4. The summed E-state index contributed by atoms with van der Waals surface area (Å²) >= 11 is 5.61. The summed E-state index contributed by atoms with van der Waals surface area (Å²) in [7, 11) is 0. The Labute approximate surface area is 175 Å². The summed E-state index contributed by atoms with van der Waals surface area (Å²) in [6, 6.07) is -1.03. The molecule has 1 fully saturated rings. The molecule has 0 bridgehead atoms. The molecule has 2 amide bonds. The highest BCUT2D eigenvalue weighted by atomic mass is 35.5. The number of hydrogen-bond acceptors (Lipinski definition) is 9. The van der Waals surface area contributed by atoms with Crippen molar-refractivity contribution in [2.24, 2.45) is 17.1 Å². The van der Waals surface area contributed by atoms with E-state index in [0.717, 1.165) is 4.90 Å². The van der Waals surface area contributed by atoms with Crippen molar-refractivity contribution in [3.05, 3.63) is 4.91 Å². The average Bonchev–Trinajstić information content (AvgIpc) is 2.67. The first-order valence-electron chi connectivity index (χ1n) is 9.49. The van der Waals surface area contributed by atoms with Gasteiger partial charge < -0.3 is 29.9 Å². The molecule has 0 saturated carbocycles. The van der Waals surface area contributed by atoms with E-state index in [9.17, 15) is 30.1 Å². The van der Waals surface area contributed by atoms with Crippen LogP contribution < -0.4 is 0 Å². The minimum Gasteiger partial charge on any atom is -0.394 e. The predicted octanol–water partition coefficient (Wildman–Crippen LogP) is 0.0868. The lowest BCUT2D eigenvalue weighted by Gasteiger charge is -2.52. The molecule has 11 nitrogen and oxygen atoms in total. The zero-order valence-electron chi connectivity index (χ0n) is 17.1. The highest BCUT2D eigenvalue weighted by molar-refractivity contribution is 6.18. The molecule has 12 heteroatoms. The first kappa shape index (κ1) is 26.0. The second-order valence-corrected chi connectivity index (χ2v) is 8.19. The van der Waals surface area contributed by atoms with Crippen molar-refractivity contribution in [1.29, 1.82) is 0 Å². The number of urea groups is 1. The normalized spacial score (nSPS) is 29.9. The van der Waals surface area contributed by atoms with E-state index in [1.54, 1.807) is 13.8 Å². The monoisotopic (exact) mass is 441 g/mol. The third-order valence-electron chi connectivity index (χ3n) is 4.37. The fourth-order valence-electron chi connectivity index (χ4n) is 2.95. The summed E-state index contributed by atoms with van der Waals surface area (Å²) in [6.45, 7) is 6.26. The maximum absolute atomic E-state index is 13.0. The molecule has 1 heterocycles. The molecule has 0 aromatic heterocycles. The third kappa shape index (κ3) is 5.97. The van der Waals surface area contributed by atoms with Crippen molar-refractivity contribution in [3.63, 3.8) is 0 Å². The number of nitrogens with zero attached hydrogens (tertiary/aromatic N) is 3. The number of alkyl halides is 1. The molecule has 0 aromatic carbocycles. The minimum absolute atomic E-state index is 0.0121. The van der Waals surface area contributed by atoms with E-state index in [4.69, 9.17) is 21.1 Å². The van der Waals surface area contributed by atoms with Gasteiger partial charge in [0, 0.05) is 12.4 Å². The summed E-state index contributed by atoms with van der Waals surface area (Å²) < 4.78 is 11.1. The first-order valence-corrected chi connectivity index (χ1v) is 10.0. The van der Waals surface area contributed by atoms with Crippen LogP contribution >= 0.6 is 11.6 Å². The Morgan fingerprint density at radius 1 is 1.28 bits per heavy atom. The lowest BCUT2D eigenvalue weighted by molar-refractivity contribution is -0.374. The Balaban J connectivity index is 3.42. The van der Waals surface area contributed by atoms with Crippen LogP contribution in [0.25, 0.3) is 0 Å². The van der Waals surface area contributed by atoms with Gasteiger partial charge in [0.2, 0.25) is 12.0 Å². The van der Waals surface area contributed by atoms with Gasteiger partial charge in [-0.25, -0.2) is 4.79 Å². The van der Waals surface area contributed by atoms with Crippen LogP contribution in [0.5, 0.6) is 0 Å². The largest absolute Gasteiger partial charge is 0.394 e. The molecule has 0 aromatic rings. The SMILES string of the molecule is CC(C)CO[C@@H]1O[C@H](CO)[C@@H](O)[C@H](O)[C@@]1(O)N(CC(C)C)C(=O)N(CCCl)N=O. The number of halogens is 1. The van der Waals surface area contributed by atoms with Crippen molar-refractivity contribution in [1.82, 2.24) is 9.91 Å². The van der Waals surface area contributed by atoms with Crippen LogP contribution in [0.2, 0.25) is 0 Å². The number of rotatable bonds is 10. The van der Waals surface area contributed by atoms with E-state index >= 15 is 0 Å². The Morgan fingerprint density at radius 2 is 1.90 bits per heavy atom. The van der Waals surface area contributed by atoms with Gasteiger partial charge in [-0.2, -0.15) is 5.01 Å². The number of nitroso groups, excluding NO2 is 1. The lowest BCUT2D eigenvalue weighted by Crippen LogP contribution is -2.75. The minimum atomic E-state index is -2.56. The topological polar surface area (TPSA) is 152 Å². The number of aliphatic hydroxyl groups excluding tert-OH is 3. The first-order chi connectivity index (χ1) is 13.5. The molecule has 1 aliphatic rings. The van der Waals surface area contributed by atoms with E-state index in [1.807, 2.05) is 13.8 Å². The van der Waals surface area contributed by atoms with Gasteiger partial charge in [-0.05, 0) is 11.8 Å². The van der Waals surface area contributed by atoms with Crippen molar-refractivity contribution in [3.8, 4) is 0 Å².